The second-order valence-electron chi connectivity index (χ2n) is 7.14. The van der Waals surface area contributed by atoms with E-state index in [1.807, 2.05) is 32.0 Å². The summed E-state index contributed by atoms with van der Waals surface area (Å²) in [5.41, 5.74) is 2.59. The summed E-state index contributed by atoms with van der Waals surface area (Å²) in [5.74, 6) is -0.777. The van der Waals surface area contributed by atoms with Gasteiger partial charge in [0.05, 0.1) is 13.7 Å². The molecule has 0 aliphatic rings. The SMILES string of the molecule is COC(=O)c1[nH]c(C)c(C(=O)CN(CCc2ccccn2)C(=O)NC(C)C)c1C. The first-order chi connectivity index (χ1) is 13.7. The lowest BCUT2D eigenvalue weighted by Crippen LogP contribution is -2.46. The molecule has 2 amide bonds. The fourth-order valence-corrected chi connectivity index (χ4v) is 3.11. The molecule has 2 aromatic rings. The quantitative estimate of drug-likeness (QED) is 0.524. The Morgan fingerprint density at radius 1 is 1.24 bits per heavy atom. The van der Waals surface area contributed by atoms with E-state index in [1.165, 1.54) is 12.0 Å². The van der Waals surface area contributed by atoms with Crippen LogP contribution in [0.4, 0.5) is 4.79 Å². The highest BCUT2D eigenvalue weighted by molar-refractivity contribution is 6.04. The highest BCUT2D eigenvalue weighted by Crippen LogP contribution is 2.20. The fourth-order valence-electron chi connectivity index (χ4n) is 3.11. The van der Waals surface area contributed by atoms with Crippen molar-refractivity contribution in [3.63, 3.8) is 0 Å². The summed E-state index contributed by atoms with van der Waals surface area (Å²) in [6.45, 7) is 7.37. The van der Waals surface area contributed by atoms with E-state index in [0.29, 0.717) is 29.8 Å². The van der Waals surface area contributed by atoms with E-state index in [0.717, 1.165) is 5.69 Å². The number of nitrogens with zero attached hydrogens (tertiary/aromatic N) is 2. The van der Waals surface area contributed by atoms with Crippen LogP contribution in [-0.4, -0.2) is 58.9 Å². The number of ketones is 1. The number of ether oxygens (including phenoxy) is 1. The predicted molar refractivity (Wildman–Crippen MR) is 109 cm³/mol. The predicted octanol–water partition coefficient (Wildman–Crippen LogP) is 2.66. The summed E-state index contributed by atoms with van der Waals surface area (Å²) < 4.78 is 4.75. The van der Waals surface area contributed by atoms with Gasteiger partial charge >= 0.3 is 12.0 Å². The largest absolute Gasteiger partial charge is 0.464 e. The van der Waals surface area contributed by atoms with Gasteiger partial charge in [-0.3, -0.25) is 9.78 Å². The van der Waals surface area contributed by atoms with Crippen LogP contribution in [0, 0.1) is 13.8 Å². The molecular weight excluding hydrogens is 372 g/mol. The molecule has 0 aliphatic heterocycles. The standard InChI is InChI=1S/C21H28N4O4/c1-13(2)23-21(28)25(11-9-16-8-6-7-10-22-16)12-17(26)18-14(3)19(20(27)29-5)24-15(18)4/h6-8,10,13,24H,9,11-12H2,1-5H3,(H,23,28). The third kappa shape index (κ3) is 5.66. The maximum atomic E-state index is 13.0. The first-order valence-corrected chi connectivity index (χ1v) is 9.50. The molecule has 0 fully saturated rings. The normalized spacial score (nSPS) is 10.7. The number of hydrogen-bond acceptors (Lipinski definition) is 5. The number of urea groups is 1. The molecule has 2 rings (SSSR count). The first kappa shape index (κ1) is 22.1. The molecule has 8 heteroatoms. The van der Waals surface area contributed by atoms with Gasteiger partial charge in [-0.05, 0) is 45.4 Å². The Kier molecular flexibility index (Phi) is 7.52. The number of amides is 2. The first-order valence-electron chi connectivity index (χ1n) is 9.50. The van der Waals surface area contributed by atoms with Crippen molar-refractivity contribution < 1.29 is 19.1 Å². The third-order valence-corrected chi connectivity index (χ3v) is 4.50. The molecule has 8 nitrogen and oxygen atoms in total. The summed E-state index contributed by atoms with van der Waals surface area (Å²) in [7, 11) is 1.29. The summed E-state index contributed by atoms with van der Waals surface area (Å²) in [6, 6.07) is 5.21. The summed E-state index contributed by atoms with van der Waals surface area (Å²) in [5, 5.41) is 2.83. The average Bonchev–Trinajstić information content (AvgIpc) is 2.98. The van der Waals surface area contributed by atoms with E-state index in [2.05, 4.69) is 15.3 Å². The van der Waals surface area contributed by atoms with Crippen molar-refractivity contribution in [2.45, 2.75) is 40.2 Å². The van der Waals surface area contributed by atoms with Crippen LogP contribution in [-0.2, 0) is 11.2 Å². The highest BCUT2D eigenvalue weighted by atomic mass is 16.5. The van der Waals surface area contributed by atoms with Gasteiger partial charge in [-0.1, -0.05) is 6.07 Å². The summed E-state index contributed by atoms with van der Waals surface area (Å²) in [4.78, 5) is 46.2. The smallest absolute Gasteiger partial charge is 0.354 e. The van der Waals surface area contributed by atoms with Crippen LogP contribution in [0.3, 0.4) is 0 Å². The second kappa shape index (κ2) is 9.86. The van der Waals surface area contributed by atoms with E-state index in [4.69, 9.17) is 4.74 Å². The zero-order valence-electron chi connectivity index (χ0n) is 17.5. The van der Waals surface area contributed by atoms with Gasteiger partial charge < -0.3 is 19.9 Å². The number of nitrogens with one attached hydrogen (secondary N) is 2. The topological polar surface area (TPSA) is 104 Å². The van der Waals surface area contributed by atoms with Crippen molar-refractivity contribution in [2.24, 2.45) is 0 Å². The zero-order valence-corrected chi connectivity index (χ0v) is 17.5. The minimum atomic E-state index is -0.533. The molecule has 0 aromatic carbocycles. The molecule has 2 heterocycles. The molecule has 0 bridgehead atoms. The second-order valence-corrected chi connectivity index (χ2v) is 7.14. The molecule has 0 saturated carbocycles. The Labute approximate surface area is 170 Å². The molecule has 0 saturated heterocycles. The molecule has 29 heavy (non-hydrogen) atoms. The lowest BCUT2D eigenvalue weighted by Gasteiger charge is -2.24. The number of hydrogen-bond donors (Lipinski definition) is 2. The molecule has 0 atom stereocenters. The lowest BCUT2D eigenvalue weighted by atomic mass is 10.1. The van der Waals surface area contributed by atoms with Crippen LogP contribution in [0.25, 0.3) is 0 Å². The van der Waals surface area contributed by atoms with Crippen LogP contribution in [0.5, 0.6) is 0 Å². The lowest BCUT2D eigenvalue weighted by molar-refractivity contribution is 0.0593. The van der Waals surface area contributed by atoms with Crippen molar-refractivity contribution in [1.82, 2.24) is 20.2 Å². The molecule has 0 unspecified atom stereocenters. The van der Waals surface area contributed by atoms with Gasteiger partial charge in [0, 0.05) is 42.2 Å². The number of aromatic nitrogens is 2. The number of rotatable bonds is 8. The van der Waals surface area contributed by atoms with Crippen molar-refractivity contribution >= 4 is 17.8 Å². The molecule has 2 N–H and O–H groups in total. The van der Waals surface area contributed by atoms with Gasteiger partial charge in [-0.2, -0.15) is 0 Å². The number of Topliss-reactive ketones (excluding diaryl/α,β-unsaturated/α-hetero) is 1. The Hall–Kier alpha value is -3.16. The van der Waals surface area contributed by atoms with E-state index in [1.54, 1.807) is 20.0 Å². The minimum absolute atomic E-state index is 0.0587. The Bertz CT molecular complexity index is 874. The highest BCUT2D eigenvalue weighted by Gasteiger charge is 2.25. The van der Waals surface area contributed by atoms with E-state index in [-0.39, 0.29) is 30.1 Å². The van der Waals surface area contributed by atoms with E-state index < -0.39 is 5.97 Å². The zero-order chi connectivity index (χ0) is 21.6. The van der Waals surface area contributed by atoms with Gasteiger partial charge in [-0.25, -0.2) is 9.59 Å². The summed E-state index contributed by atoms with van der Waals surface area (Å²) in [6.07, 6.45) is 2.22. The van der Waals surface area contributed by atoms with Gasteiger partial charge in [0.15, 0.2) is 5.78 Å². The van der Waals surface area contributed by atoms with E-state index in [9.17, 15) is 14.4 Å². The maximum absolute atomic E-state index is 13.0. The van der Waals surface area contributed by atoms with Gasteiger partial charge in [0.1, 0.15) is 5.69 Å². The molecule has 2 aromatic heterocycles. The Morgan fingerprint density at radius 2 is 1.97 bits per heavy atom. The minimum Gasteiger partial charge on any atom is -0.464 e. The van der Waals surface area contributed by atoms with Crippen LogP contribution in [0.1, 0.15) is 51.6 Å². The van der Waals surface area contributed by atoms with Crippen molar-refractivity contribution in [2.75, 3.05) is 20.2 Å². The molecular formula is C21H28N4O4. The number of carbonyl (C=O) groups excluding carboxylic acids is 3. The average molecular weight is 400 g/mol. The van der Waals surface area contributed by atoms with Crippen LogP contribution in [0.2, 0.25) is 0 Å². The van der Waals surface area contributed by atoms with Crippen molar-refractivity contribution in [3.8, 4) is 0 Å². The van der Waals surface area contributed by atoms with Crippen LogP contribution < -0.4 is 5.32 Å². The van der Waals surface area contributed by atoms with Crippen LogP contribution >= 0.6 is 0 Å². The van der Waals surface area contributed by atoms with Gasteiger partial charge in [0.25, 0.3) is 0 Å². The number of H-pyrrole nitrogens is 1. The maximum Gasteiger partial charge on any atom is 0.354 e. The third-order valence-electron chi connectivity index (χ3n) is 4.50. The number of aromatic amines is 1. The van der Waals surface area contributed by atoms with Crippen LogP contribution in [0.15, 0.2) is 24.4 Å². The van der Waals surface area contributed by atoms with E-state index >= 15 is 0 Å². The number of methoxy groups -OCH3 is 1. The number of aryl methyl sites for hydroxylation is 1. The monoisotopic (exact) mass is 400 g/mol. The number of esters is 1. The van der Waals surface area contributed by atoms with Crippen molar-refractivity contribution in [1.29, 1.82) is 0 Å². The van der Waals surface area contributed by atoms with Crippen molar-refractivity contribution in [3.05, 3.63) is 52.6 Å². The Balaban J connectivity index is 2.21. The molecule has 0 aliphatic carbocycles. The molecule has 0 radical (unpaired) electrons. The number of pyridine rings is 1. The van der Waals surface area contributed by atoms with Gasteiger partial charge in [-0.15, -0.1) is 0 Å². The fraction of sp³-hybridized carbons (Fsp3) is 0.429. The molecule has 0 spiro atoms. The Morgan fingerprint density at radius 3 is 2.55 bits per heavy atom. The van der Waals surface area contributed by atoms with Gasteiger partial charge in [0.2, 0.25) is 0 Å². The summed E-state index contributed by atoms with van der Waals surface area (Å²) >= 11 is 0. The molecule has 156 valence electrons. The number of carbonyl (C=O) groups is 3.